The van der Waals surface area contributed by atoms with Crippen LogP contribution in [0.15, 0.2) is 48.7 Å². The largest absolute Gasteiger partial charge is 0.416 e. The van der Waals surface area contributed by atoms with Crippen molar-refractivity contribution in [3.05, 3.63) is 59.8 Å². The van der Waals surface area contributed by atoms with Gasteiger partial charge < -0.3 is 5.32 Å². The van der Waals surface area contributed by atoms with E-state index in [1.54, 1.807) is 0 Å². The van der Waals surface area contributed by atoms with Crippen molar-refractivity contribution in [2.45, 2.75) is 25.4 Å². The van der Waals surface area contributed by atoms with E-state index >= 15 is 0 Å². The van der Waals surface area contributed by atoms with Gasteiger partial charge in [-0.2, -0.15) is 13.2 Å². The first-order chi connectivity index (χ1) is 9.97. The third kappa shape index (κ3) is 4.48. The molecule has 1 atom stereocenters. The zero-order chi connectivity index (χ0) is 15.3. The Morgan fingerprint density at radius 3 is 2.52 bits per heavy atom. The molecular formula is C16H17F3N2. The van der Waals surface area contributed by atoms with Crippen molar-refractivity contribution in [3.63, 3.8) is 0 Å². The van der Waals surface area contributed by atoms with Crippen LogP contribution in [0.2, 0.25) is 0 Å². The molecule has 1 N–H and O–H groups in total. The Bertz CT molecular complexity index is 567. The molecule has 0 saturated heterocycles. The second-order valence-electron chi connectivity index (χ2n) is 4.95. The molecule has 0 spiro atoms. The number of hydrogen-bond donors (Lipinski definition) is 1. The average Bonchev–Trinajstić information content (AvgIpc) is 2.47. The van der Waals surface area contributed by atoms with Crippen molar-refractivity contribution in [2.24, 2.45) is 0 Å². The fourth-order valence-corrected chi connectivity index (χ4v) is 2.07. The Labute approximate surface area is 122 Å². The molecule has 2 aromatic rings. The van der Waals surface area contributed by atoms with Crippen molar-refractivity contribution in [1.29, 1.82) is 0 Å². The first-order valence-corrected chi connectivity index (χ1v) is 6.79. The van der Waals surface area contributed by atoms with Crippen molar-refractivity contribution >= 4 is 5.82 Å². The lowest BCUT2D eigenvalue weighted by Gasteiger charge is -2.13. The van der Waals surface area contributed by atoms with E-state index in [4.69, 9.17) is 0 Å². The van der Waals surface area contributed by atoms with Crippen molar-refractivity contribution in [3.8, 4) is 0 Å². The molecule has 0 bridgehead atoms. The maximum Gasteiger partial charge on any atom is 0.416 e. The van der Waals surface area contributed by atoms with Crippen LogP contribution in [0.4, 0.5) is 19.0 Å². The van der Waals surface area contributed by atoms with E-state index in [0.717, 1.165) is 18.6 Å². The predicted octanol–water partition coefficient (Wildman–Crippen LogP) is 4.71. The maximum atomic E-state index is 12.6. The molecule has 0 radical (unpaired) electrons. The fraction of sp³-hybridized carbons (Fsp3) is 0.312. The summed E-state index contributed by atoms with van der Waals surface area (Å²) >= 11 is 0. The Balaban J connectivity index is 1.89. The van der Waals surface area contributed by atoms with Crippen LogP contribution in [-0.4, -0.2) is 11.5 Å². The van der Waals surface area contributed by atoms with Crippen molar-refractivity contribution in [2.75, 3.05) is 11.9 Å². The van der Waals surface area contributed by atoms with Gasteiger partial charge in [-0.15, -0.1) is 0 Å². The van der Waals surface area contributed by atoms with Crippen LogP contribution in [0, 0.1) is 0 Å². The molecule has 112 valence electrons. The molecule has 0 aliphatic heterocycles. The molecule has 21 heavy (non-hydrogen) atoms. The molecule has 0 aliphatic carbocycles. The topological polar surface area (TPSA) is 24.9 Å². The first kappa shape index (κ1) is 15.4. The molecule has 1 aromatic carbocycles. The summed E-state index contributed by atoms with van der Waals surface area (Å²) in [6, 6.07) is 12.0. The summed E-state index contributed by atoms with van der Waals surface area (Å²) in [6.07, 6.45) is -2.34. The lowest BCUT2D eigenvalue weighted by molar-refractivity contribution is -0.137. The average molecular weight is 294 g/mol. The third-order valence-corrected chi connectivity index (χ3v) is 3.34. The Morgan fingerprint density at radius 1 is 1.14 bits per heavy atom. The highest BCUT2D eigenvalue weighted by molar-refractivity contribution is 5.38. The van der Waals surface area contributed by atoms with E-state index in [1.807, 2.05) is 30.3 Å². The van der Waals surface area contributed by atoms with E-state index in [0.29, 0.717) is 12.5 Å². The molecule has 0 fully saturated rings. The number of nitrogens with zero attached hydrogens (tertiary/aromatic N) is 1. The number of nitrogens with one attached hydrogen (secondary N) is 1. The highest BCUT2D eigenvalue weighted by Crippen LogP contribution is 2.30. The quantitative estimate of drug-likeness (QED) is 0.864. The lowest BCUT2D eigenvalue weighted by Crippen LogP contribution is -2.10. The molecule has 1 heterocycles. The van der Waals surface area contributed by atoms with Crippen LogP contribution >= 0.6 is 0 Å². The van der Waals surface area contributed by atoms with Gasteiger partial charge in [-0.05, 0) is 30.0 Å². The molecule has 1 unspecified atom stereocenters. The van der Waals surface area contributed by atoms with Gasteiger partial charge in [0.1, 0.15) is 5.82 Å². The summed E-state index contributed by atoms with van der Waals surface area (Å²) in [5.74, 6) is 0.592. The van der Waals surface area contributed by atoms with E-state index in [9.17, 15) is 13.2 Å². The van der Waals surface area contributed by atoms with Gasteiger partial charge in [0.05, 0.1) is 5.56 Å². The number of benzene rings is 1. The van der Waals surface area contributed by atoms with Crippen LogP contribution in [0.25, 0.3) is 0 Å². The van der Waals surface area contributed by atoms with E-state index in [-0.39, 0.29) is 5.82 Å². The minimum Gasteiger partial charge on any atom is -0.370 e. The molecule has 2 rings (SSSR count). The SMILES string of the molecule is CC(CCNc1cc(C(F)(F)F)ccn1)c1ccccc1. The fourth-order valence-electron chi connectivity index (χ4n) is 2.07. The van der Waals surface area contributed by atoms with Crippen LogP contribution in [0.5, 0.6) is 0 Å². The van der Waals surface area contributed by atoms with Crippen LogP contribution < -0.4 is 5.32 Å². The Morgan fingerprint density at radius 2 is 1.86 bits per heavy atom. The van der Waals surface area contributed by atoms with Crippen LogP contribution in [-0.2, 0) is 6.18 Å². The molecule has 5 heteroatoms. The second-order valence-corrected chi connectivity index (χ2v) is 4.95. The molecule has 0 amide bonds. The molecular weight excluding hydrogens is 277 g/mol. The van der Waals surface area contributed by atoms with E-state index in [2.05, 4.69) is 17.2 Å². The molecule has 1 aromatic heterocycles. The Hall–Kier alpha value is -2.04. The van der Waals surface area contributed by atoms with Crippen molar-refractivity contribution in [1.82, 2.24) is 4.98 Å². The lowest BCUT2D eigenvalue weighted by atomic mass is 9.98. The maximum absolute atomic E-state index is 12.6. The second kappa shape index (κ2) is 6.61. The van der Waals surface area contributed by atoms with Gasteiger partial charge in [0.25, 0.3) is 0 Å². The number of anilines is 1. The number of pyridine rings is 1. The third-order valence-electron chi connectivity index (χ3n) is 3.34. The zero-order valence-corrected chi connectivity index (χ0v) is 11.7. The minimum absolute atomic E-state index is 0.255. The minimum atomic E-state index is -4.34. The molecule has 2 nitrogen and oxygen atoms in total. The smallest absolute Gasteiger partial charge is 0.370 e. The van der Waals surface area contributed by atoms with Gasteiger partial charge in [0.15, 0.2) is 0 Å². The van der Waals surface area contributed by atoms with Crippen LogP contribution in [0.3, 0.4) is 0 Å². The number of halogens is 3. The van der Waals surface area contributed by atoms with Crippen molar-refractivity contribution < 1.29 is 13.2 Å². The summed E-state index contributed by atoms with van der Waals surface area (Å²) in [4.78, 5) is 3.91. The number of rotatable bonds is 5. The molecule has 0 aliphatic rings. The highest BCUT2D eigenvalue weighted by atomic mass is 19.4. The molecule has 0 saturated carbocycles. The highest BCUT2D eigenvalue weighted by Gasteiger charge is 2.30. The van der Waals surface area contributed by atoms with Gasteiger partial charge >= 0.3 is 6.18 Å². The summed E-state index contributed by atoms with van der Waals surface area (Å²) in [6.45, 7) is 2.67. The number of aromatic nitrogens is 1. The van der Waals surface area contributed by atoms with Gasteiger partial charge in [-0.25, -0.2) is 4.98 Å². The zero-order valence-electron chi connectivity index (χ0n) is 11.7. The van der Waals surface area contributed by atoms with Gasteiger partial charge in [-0.1, -0.05) is 37.3 Å². The van der Waals surface area contributed by atoms with Crippen LogP contribution in [0.1, 0.15) is 30.4 Å². The first-order valence-electron chi connectivity index (χ1n) is 6.79. The standard InChI is InChI=1S/C16H17F3N2/c1-12(13-5-3-2-4-6-13)7-9-20-15-11-14(8-10-21-15)16(17,18)19/h2-6,8,10-12H,7,9H2,1H3,(H,20,21). The predicted molar refractivity (Wildman–Crippen MR) is 77.2 cm³/mol. The number of alkyl halides is 3. The van der Waals surface area contributed by atoms with Gasteiger partial charge in [-0.3, -0.25) is 0 Å². The summed E-state index contributed by atoms with van der Waals surface area (Å²) in [5, 5.41) is 2.95. The number of hydrogen-bond acceptors (Lipinski definition) is 2. The summed E-state index contributed by atoms with van der Waals surface area (Å²) in [7, 11) is 0. The normalized spacial score (nSPS) is 13.0. The van der Waals surface area contributed by atoms with Gasteiger partial charge in [0.2, 0.25) is 0 Å². The van der Waals surface area contributed by atoms with E-state index in [1.165, 1.54) is 11.8 Å². The monoisotopic (exact) mass is 294 g/mol. The van der Waals surface area contributed by atoms with E-state index < -0.39 is 11.7 Å². The van der Waals surface area contributed by atoms with Gasteiger partial charge in [0, 0.05) is 12.7 Å². The summed E-state index contributed by atoms with van der Waals surface area (Å²) < 4.78 is 37.8. The Kier molecular flexibility index (Phi) is 4.83. The summed E-state index contributed by atoms with van der Waals surface area (Å²) in [5.41, 5.74) is 0.535.